The molecule has 1 aliphatic carbocycles. The first kappa shape index (κ1) is 16.0. The van der Waals surface area contributed by atoms with E-state index in [-0.39, 0.29) is 18.2 Å². The molecule has 130 valence electrons. The molecule has 0 spiro atoms. The summed E-state index contributed by atoms with van der Waals surface area (Å²) in [4.78, 5) is 26.5. The lowest BCUT2D eigenvalue weighted by Crippen LogP contribution is -2.28. The number of para-hydroxylation sites is 2. The average Bonchev–Trinajstić information content (AvgIpc) is 3.25. The fourth-order valence-electron chi connectivity index (χ4n) is 2.96. The van der Waals surface area contributed by atoms with Gasteiger partial charge in [-0.15, -0.1) is 10.2 Å². The maximum Gasteiger partial charge on any atom is 0.231 e. The number of nitrogens with one attached hydrogen (secondary N) is 1. The van der Waals surface area contributed by atoms with Gasteiger partial charge in [0.15, 0.2) is 0 Å². The number of benzene rings is 1. The van der Waals surface area contributed by atoms with E-state index in [4.69, 9.17) is 4.74 Å². The van der Waals surface area contributed by atoms with Gasteiger partial charge in [-0.05, 0) is 25.0 Å². The summed E-state index contributed by atoms with van der Waals surface area (Å²) >= 11 is 1.42. The van der Waals surface area contributed by atoms with Crippen LogP contribution in [0.15, 0.2) is 24.3 Å². The molecule has 2 heterocycles. The normalized spacial score (nSPS) is 20.0. The molecule has 1 aliphatic heterocycles. The van der Waals surface area contributed by atoms with Gasteiger partial charge in [0, 0.05) is 18.9 Å². The zero-order valence-electron chi connectivity index (χ0n) is 13.8. The molecule has 1 aromatic heterocycles. The largest absolute Gasteiger partial charge is 0.495 e. The Kier molecular flexibility index (Phi) is 4.12. The summed E-state index contributed by atoms with van der Waals surface area (Å²) in [6, 6.07) is 7.32. The number of carbonyl (C=O) groups is 2. The minimum atomic E-state index is -0.411. The summed E-state index contributed by atoms with van der Waals surface area (Å²) in [7, 11) is 1.57. The molecule has 2 amide bonds. The van der Waals surface area contributed by atoms with Crippen LogP contribution in [0.3, 0.4) is 0 Å². The number of anilines is 2. The first-order valence-electron chi connectivity index (χ1n) is 8.23. The molecule has 0 unspecified atom stereocenters. The van der Waals surface area contributed by atoms with Crippen LogP contribution < -0.4 is 15.0 Å². The number of methoxy groups -OCH3 is 1. The Labute approximate surface area is 149 Å². The van der Waals surface area contributed by atoms with Crippen LogP contribution in [-0.2, 0) is 9.59 Å². The van der Waals surface area contributed by atoms with Crippen LogP contribution in [0.2, 0.25) is 0 Å². The van der Waals surface area contributed by atoms with Crippen LogP contribution in [0.1, 0.15) is 30.2 Å². The molecular weight excluding hydrogens is 340 g/mol. The monoisotopic (exact) mass is 358 g/mol. The molecule has 1 N–H and O–H groups in total. The molecule has 1 saturated heterocycles. The minimum absolute atomic E-state index is 0.0828. The number of carbonyl (C=O) groups excluding carboxylic acids is 2. The highest BCUT2D eigenvalue weighted by molar-refractivity contribution is 7.15. The average molecular weight is 358 g/mol. The Balaban J connectivity index is 1.44. The molecule has 2 aromatic rings. The number of amides is 2. The van der Waals surface area contributed by atoms with Crippen molar-refractivity contribution in [2.75, 3.05) is 23.9 Å². The Morgan fingerprint density at radius 1 is 1.32 bits per heavy atom. The number of hydrogen-bond acceptors (Lipinski definition) is 6. The summed E-state index contributed by atoms with van der Waals surface area (Å²) < 4.78 is 5.32. The van der Waals surface area contributed by atoms with Gasteiger partial charge in [0.25, 0.3) is 0 Å². The van der Waals surface area contributed by atoms with Crippen LogP contribution in [0.25, 0.3) is 0 Å². The van der Waals surface area contributed by atoms with Crippen LogP contribution in [0.4, 0.5) is 10.8 Å². The van der Waals surface area contributed by atoms with Crippen molar-refractivity contribution < 1.29 is 14.3 Å². The lowest BCUT2D eigenvalue weighted by molar-refractivity contribution is -0.122. The van der Waals surface area contributed by atoms with Crippen molar-refractivity contribution >= 4 is 34.0 Å². The van der Waals surface area contributed by atoms with E-state index in [0.717, 1.165) is 17.8 Å². The van der Waals surface area contributed by atoms with Crippen LogP contribution >= 0.6 is 11.3 Å². The molecule has 4 rings (SSSR count). The topological polar surface area (TPSA) is 84.4 Å². The molecule has 0 radical (unpaired) electrons. The van der Waals surface area contributed by atoms with Gasteiger partial charge < -0.3 is 15.0 Å². The first-order valence-corrected chi connectivity index (χ1v) is 9.05. The molecule has 2 fully saturated rings. The molecule has 2 aliphatic rings. The number of rotatable bonds is 5. The second kappa shape index (κ2) is 6.44. The predicted octanol–water partition coefficient (Wildman–Crippen LogP) is 2.42. The fourth-order valence-corrected chi connectivity index (χ4v) is 3.87. The van der Waals surface area contributed by atoms with Crippen molar-refractivity contribution in [3.8, 4) is 5.75 Å². The van der Waals surface area contributed by atoms with Gasteiger partial charge in [0.2, 0.25) is 16.9 Å². The third-order valence-corrected chi connectivity index (χ3v) is 5.47. The summed E-state index contributed by atoms with van der Waals surface area (Å²) in [6.45, 7) is 0.333. The maximum atomic E-state index is 12.5. The van der Waals surface area contributed by atoms with Crippen molar-refractivity contribution in [2.45, 2.75) is 25.2 Å². The van der Waals surface area contributed by atoms with E-state index in [0.29, 0.717) is 29.0 Å². The molecule has 1 saturated carbocycles. The third kappa shape index (κ3) is 3.21. The van der Waals surface area contributed by atoms with Crippen molar-refractivity contribution in [1.29, 1.82) is 0 Å². The molecule has 1 atom stereocenters. The van der Waals surface area contributed by atoms with Crippen molar-refractivity contribution in [3.05, 3.63) is 29.3 Å². The summed E-state index contributed by atoms with van der Waals surface area (Å²) in [5.74, 6) is 0.447. The molecule has 0 bridgehead atoms. The van der Waals surface area contributed by atoms with Gasteiger partial charge in [-0.3, -0.25) is 9.59 Å². The van der Waals surface area contributed by atoms with E-state index in [2.05, 4.69) is 15.5 Å². The van der Waals surface area contributed by atoms with Crippen LogP contribution in [-0.4, -0.2) is 35.7 Å². The smallest absolute Gasteiger partial charge is 0.231 e. The highest BCUT2D eigenvalue weighted by Gasteiger charge is 2.36. The second-order valence-corrected chi connectivity index (χ2v) is 7.30. The predicted molar refractivity (Wildman–Crippen MR) is 94.0 cm³/mol. The molecule has 25 heavy (non-hydrogen) atoms. The van der Waals surface area contributed by atoms with Gasteiger partial charge in [0.05, 0.1) is 18.7 Å². The Morgan fingerprint density at radius 3 is 2.88 bits per heavy atom. The van der Waals surface area contributed by atoms with Gasteiger partial charge in [0.1, 0.15) is 10.8 Å². The maximum absolute atomic E-state index is 12.5. The summed E-state index contributed by atoms with van der Waals surface area (Å²) in [6.07, 6.45) is 2.47. The number of hydrogen-bond donors (Lipinski definition) is 1. The number of ether oxygens (including phenoxy) is 1. The quantitative estimate of drug-likeness (QED) is 0.887. The highest BCUT2D eigenvalue weighted by atomic mass is 32.1. The highest BCUT2D eigenvalue weighted by Crippen LogP contribution is 2.42. The fraction of sp³-hybridized carbons (Fsp3) is 0.412. The number of nitrogens with zero attached hydrogens (tertiary/aromatic N) is 3. The van der Waals surface area contributed by atoms with E-state index in [1.165, 1.54) is 11.3 Å². The Morgan fingerprint density at radius 2 is 2.12 bits per heavy atom. The molecule has 1 aromatic carbocycles. The summed E-state index contributed by atoms with van der Waals surface area (Å²) in [5, 5.41) is 12.4. The lowest BCUT2D eigenvalue weighted by Gasteiger charge is -2.19. The Bertz CT molecular complexity index is 818. The van der Waals surface area contributed by atoms with E-state index >= 15 is 0 Å². The SMILES string of the molecule is COc1ccccc1N1C[C@H](C(=O)Nc2nnc(C3CC3)s2)CC1=O. The minimum Gasteiger partial charge on any atom is -0.495 e. The number of aromatic nitrogens is 2. The molecular formula is C17H18N4O3S. The van der Waals surface area contributed by atoms with Gasteiger partial charge >= 0.3 is 0 Å². The van der Waals surface area contributed by atoms with Crippen molar-refractivity contribution in [3.63, 3.8) is 0 Å². The standard InChI is InChI=1S/C17H18N4O3S/c1-24-13-5-3-2-4-12(13)21-9-11(8-14(21)22)15(23)18-17-20-19-16(25-17)10-6-7-10/h2-5,10-11H,6-9H2,1H3,(H,18,20,23)/t11-/m1/s1. The summed E-state index contributed by atoms with van der Waals surface area (Å²) in [5.41, 5.74) is 0.692. The zero-order chi connectivity index (χ0) is 17.4. The van der Waals surface area contributed by atoms with E-state index in [1.54, 1.807) is 18.1 Å². The zero-order valence-corrected chi connectivity index (χ0v) is 14.6. The van der Waals surface area contributed by atoms with Crippen LogP contribution in [0, 0.1) is 5.92 Å². The van der Waals surface area contributed by atoms with E-state index in [1.807, 2.05) is 18.2 Å². The Hall–Kier alpha value is -2.48. The molecule has 8 heteroatoms. The second-order valence-electron chi connectivity index (χ2n) is 6.29. The lowest BCUT2D eigenvalue weighted by atomic mass is 10.1. The first-order chi connectivity index (χ1) is 12.2. The van der Waals surface area contributed by atoms with Crippen molar-refractivity contribution in [1.82, 2.24) is 10.2 Å². The van der Waals surface area contributed by atoms with Crippen LogP contribution in [0.5, 0.6) is 5.75 Å². The van der Waals surface area contributed by atoms with Gasteiger partial charge in [-0.1, -0.05) is 23.5 Å². The third-order valence-electron chi connectivity index (χ3n) is 4.47. The molecule has 7 nitrogen and oxygen atoms in total. The van der Waals surface area contributed by atoms with Crippen molar-refractivity contribution in [2.24, 2.45) is 5.92 Å². The van der Waals surface area contributed by atoms with E-state index in [9.17, 15) is 9.59 Å². The van der Waals surface area contributed by atoms with E-state index < -0.39 is 5.92 Å². The van der Waals surface area contributed by atoms with Gasteiger partial charge in [-0.2, -0.15) is 0 Å². The van der Waals surface area contributed by atoms with Gasteiger partial charge in [-0.25, -0.2) is 0 Å².